The lowest BCUT2D eigenvalue weighted by atomic mass is 10.1. The van der Waals surface area contributed by atoms with E-state index in [-0.39, 0.29) is 17.9 Å². The summed E-state index contributed by atoms with van der Waals surface area (Å²) in [7, 11) is 0. The number of aryl methyl sites for hydroxylation is 1. The molecule has 0 atom stereocenters. The average Bonchev–Trinajstić information content (AvgIpc) is 2.20. The fourth-order valence-corrected chi connectivity index (χ4v) is 1.40. The zero-order valence-electron chi connectivity index (χ0n) is 11.2. The Bertz CT molecular complexity index is 397. The van der Waals surface area contributed by atoms with E-state index in [1.807, 2.05) is 52.8 Å². The van der Waals surface area contributed by atoms with Crippen LogP contribution in [0.25, 0.3) is 0 Å². The summed E-state index contributed by atoms with van der Waals surface area (Å²) >= 11 is 0. The molecule has 0 aliphatic carbocycles. The quantitative estimate of drug-likeness (QED) is 0.868. The smallest absolute Gasteiger partial charge is 0.226 e. The van der Waals surface area contributed by atoms with Gasteiger partial charge in [0.2, 0.25) is 5.91 Å². The molecule has 1 amide bonds. The van der Waals surface area contributed by atoms with E-state index >= 15 is 0 Å². The molecule has 1 N–H and O–H groups in total. The van der Waals surface area contributed by atoms with Gasteiger partial charge in [-0.25, -0.2) is 0 Å². The van der Waals surface area contributed by atoms with Crippen molar-refractivity contribution in [1.82, 2.24) is 0 Å². The molecule has 0 aliphatic heterocycles. The molecule has 0 unspecified atom stereocenters. The van der Waals surface area contributed by atoms with Gasteiger partial charge in [0, 0.05) is 11.6 Å². The predicted octanol–water partition coefficient (Wildman–Crippen LogP) is 3.38. The molecule has 0 aliphatic rings. The Morgan fingerprint density at radius 1 is 1.24 bits per heavy atom. The van der Waals surface area contributed by atoms with Crippen LogP contribution in [0.3, 0.4) is 0 Å². The molecule has 0 saturated carbocycles. The Hall–Kier alpha value is -1.51. The number of carbonyl (C=O) groups is 1. The van der Waals surface area contributed by atoms with Gasteiger partial charge in [-0.1, -0.05) is 13.8 Å². The summed E-state index contributed by atoms with van der Waals surface area (Å²) in [5, 5.41) is 2.90. The van der Waals surface area contributed by atoms with Gasteiger partial charge in [-0.05, 0) is 44.5 Å². The van der Waals surface area contributed by atoms with Crippen molar-refractivity contribution in [1.29, 1.82) is 0 Å². The van der Waals surface area contributed by atoms with Crippen molar-refractivity contribution in [3.05, 3.63) is 23.8 Å². The lowest BCUT2D eigenvalue weighted by Gasteiger charge is -2.14. The molecule has 0 heterocycles. The minimum absolute atomic E-state index is 0.0130. The highest BCUT2D eigenvalue weighted by Crippen LogP contribution is 2.22. The first-order valence-corrected chi connectivity index (χ1v) is 5.98. The number of rotatable bonds is 4. The van der Waals surface area contributed by atoms with Crippen molar-refractivity contribution in [3.63, 3.8) is 0 Å². The summed E-state index contributed by atoms with van der Waals surface area (Å²) in [4.78, 5) is 11.6. The van der Waals surface area contributed by atoms with E-state index in [4.69, 9.17) is 4.74 Å². The van der Waals surface area contributed by atoms with Crippen LogP contribution in [0.2, 0.25) is 0 Å². The number of anilines is 1. The van der Waals surface area contributed by atoms with Gasteiger partial charge >= 0.3 is 0 Å². The monoisotopic (exact) mass is 235 g/mol. The standard InChI is InChI=1S/C14H21NO2/c1-9(2)14(16)15-13-7-6-12(8-11(13)5)17-10(3)4/h6-10H,1-5H3,(H,15,16). The number of carbonyl (C=O) groups excluding carboxylic acids is 1. The molecule has 1 rings (SSSR count). The summed E-state index contributed by atoms with van der Waals surface area (Å²) in [6.07, 6.45) is 0.158. The molecule has 1 aromatic rings. The van der Waals surface area contributed by atoms with Gasteiger partial charge < -0.3 is 10.1 Å². The molecule has 1 aromatic carbocycles. The zero-order chi connectivity index (χ0) is 13.0. The maximum atomic E-state index is 11.6. The second-order valence-electron chi connectivity index (χ2n) is 4.79. The highest BCUT2D eigenvalue weighted by molar-refractivity contribution is 5.92. The van der Waals surface area contributed by atoms with Crippen LogP contribution in [0.4, 0.5) is 5.69 Å². The van der Waals surface area contributed by atoms with Crippen LogP contribution in [0, 0.1) is 12.8 Å². The molecule has 94 valence electrons. The molecule has 0 radical (unpaired) electrons. The van der Waals surface area contributed by atoms with Crippen molar-refractivity contribution in [2.45, 2.75) is 40.7 Å². The molecular formula is C14H21NO2. The van der Waals surface area contributed by atoms with E-state index in [1.54, 1.807) is 0 Å². The predicted molar refractivity (Wildman–Crippen MR) is 70.4 cm³/mol. The highest BCUT2D eigenvalue weighted by Gasteiger charge is 2.09. The molecule has 0 bridgehead atoms. The fraction of sp³-hybridized carbons (Fsp3) is 0.500. The molecule has 3 heteroatoms. The van der Waals surface area contributed by atoms with Gasteiger partial charge in [0.25, 0.3) is 0 Å². The SMILES string of the molecule is Cc1cc(OC(C)C)ccc1NC(=O)C(C)C. The summed E-state index contributed by atoms with van der Waals surface area (Å²) in [5.74, 6) is 0.853. The Labute approximate surface area is 103 Å². The molecule has 0 saturated heterocycles. The molecule has 17 heavy (non-hydrogen) atoms. The van der Waals surface area contributed by atoms with E-state index < -0.39 is 0 Å². The van der Waals surface area contributed by atoms with E-state index in [0.29, 0.717) is 0 Å². The van der Waals surface area contributed by atoms with Gasteiger partial charge in [0.05, 0.1) is 6.10 Å². The van der Waals surface area contributed by atoms with Gasteiger partial charge in [-0.15, -0.1) is 0 Å². The third kappa shape index (κ3) is 4.10. The minimum atomic E-state index is -0.0130. The second kappa shape index (κ2) is 5.71. The number of ether oxygens (including phenoxy) is 1. The second-order valence-corrected chi connectivity index (χ2v) is 4.79. The van der Waals surface area contributed by atoms with Crippen LogP contribution >= 0.6 is 0 Å². The molecule has 0 aromatic heterocycles. The lowest BCUT2D eigenvalue weighted by molar-refractivity contribution is -0.118. The first kappa shape index (κ1) is 13.6. The van der Waals surface area contributed by atoms with Crippen LogP contribution in [0.15, 0.2) is 18.2 Å². The first-order valence-electron chi connectivity index (χ1n) is 5.98. The number of hydrogen-bond donors (Lipinski definition) is 1. The number of nitrogens with one attached hydrogen (secondary N) is 1. The van der Waals surface area contributed by atoms with Crippen LogP contribution in [0.1, 0.15) is 33.3 Å². The van der Waals surface area contributed by atoms with Gasteiger partial charge in [-0.2, -0.15) is 0 Å². The van der Waals surface area contributed by atoms with E-state index in [1.165, 1.54) is 0 Å². The number of amides is 1. The maximum absolute atomic E-state index is 11.6. The summed E-state index contributed by atoms with van der Waals surface area (Å²) in [5.41, 5.74) is 1.86. The van der Waals surface area contributed by atoms with Gasteiger partial charge in [0.15, 0.2) is 0 Å². The Balaban J connectivity index is 2.79. The van der Waals surface area contributed by atoms with Crippen molar-refractivity contribution in [3.8, 4) is 5.75 Å². The van der Waals surface area contributed by atoms with Crippen LogP contribution < -0.4 is 10.1 Å². The Morgan fingerprint density at radius 3 is 2.35 bits per heavy atom. The molecule has 3 nitrogen and oxygen atoms in total. The van der Waals surface area contributed by atoms with E-state index in [2.05, 4.69) is 5.32 Å². The van der Waals surface area contributed by atoms with E-state index in [9.17, 15) is 4.79 Å². The van der Waals surface area contributed by atoms with Gasteiger partial charge in [0.1, 0.15) is 5.75 Å². The first-order chi connectivity index (χ1) is 7.90. The molecular weight excluding hydrogens is 214 g/mol. The largest absolute Gasteiger partial charge is 0.491 e. The highest BCUT2D eigenvalue weighted by atomic mass is 16.5. The number of benzene rings is 1. The average molecular weight is 235 g/mol. The van der Waals surface area contributed by atoms with Crippen molar-refractivity contribution in [2.24, 2.45) is 5.92 Å². The summed E-state index contributed by atoms with van der Waals surface area (Å²) in [6.45, 7) is 9.69. The van der Waals surface area contributed by atoms with Crippen LogP contribution in [0.5, 0.6) is 5.75 Å². The van der Waals surface area contributed by atoms with E-state index in [0.717, 1.165) is 17.0 Å². The normalized spacial score (nSPS) is 10.8. The van der Waals surface area contributed by atoms with Crippen molar-refractivity contribution < 1.29 is 9.53 Å². The topological polar surface area (TPSA) is 38.3 Å². The Morgan fingerprint density at radius 2 is 1.88 bits per heavy atom. The minimum Gasteiger partial charge on any atom is -0.491 e. The summed E-state index contributed by atoms with van der Waals surface area (Å²) in [6, 6.07) is 5.70. The van der Waals surface area contributed by atoms with Crippen LogP contribution in [-0.2, 0) is 4.79 Å². The molecule has 0 spiro atoms. The maximum Gasteiger partial charge on any atom is 0.226 e. The Kier molecular flexibility index (Phi) is 4.55. The van der Waals surface area contributed by atoms with Crippen LogP contribution in [-0.4, -0.2) is 12.0 Å². The van der Waals surface area contributed by atoms with Gasteiger partial charge in [-0.3, -0.25) is 4.79 Å². The third-order valence-electron chi connectivity index (χ3n) is 2.35. The lowest BCUT2D eigenvalue weighted by Crippen LogP contribution is -2.18. The summed E-state index contributed by atoms with van der Waals surface area (Å²) < 4.78 is 5.59. The van der Waals surface area contributed by atoms with Crippen molar-refractivity contribution >= 4 is 11.6 Å². The molecule has 0 fully saturated rings. The van der Waals surface area contributed by atoms with Crippen molar-refractivity contribution in [2.75, 3.05) is 5.32 Å². The number of hydrogen-bond acceptors (Lipinski definition) is 2. The third-order valence-corrected chi connectivity index (χ3v) is 2.35. The fourth-order valence-electron chi connectivity index (χ4n) is 1.40. The zero-order valence-corrected chi connectivity index (χ0v) is 11.2.